The molecule has 0 bridgehead atoms. The highest BCUT2D eigenvalue weighted by Gasteiger charge is 2.14. The molecule has 2 rings (SSSR count). The Labute approximate surface area is 102 Å². The molecule has 0 spiro atoms. The molecule has 0 aromatic heterocycles. The van der Waals surface area contributed by atoms with Crippen molar-refractivity contribution in [3.8, 4) is 0 Å². The third-order valence-corrected chi connectivity index (χ3v) is 3.11. The van der Waals surface area contributed by atoms with Crippen LogP contribution in [0.5, 0.6) is 0 Å². The Morgan fingerprint density at radius 1 is 1.25 bits per heavy atom. The van der Waals surface area contributed by atoms with E-state index in [4.69, 9.17) is 21.1 Å². The van der Waals surface area contributed by atoms with Crippen LogP contribution >= 0.6 is 11.6 Å². The molecule has 0 saturated carbocycles. The van der Waals surface area contributed by atoms with Crippen molar-refractivity contribution in [2.75, 3.05) is 6.61 Å². The molecule has 0 aliphatic carbocycles. The van der Waals surface area contributed by atoms with Gasteiger partial charge in [0.05, 0.1) is 6.61 Å². The Hall–Kier alpha value is -0.570. The molecule has 1 aromatic carbocycles. The standard InChI is InChI=1S/C13H17ClO2/c14-9-11-5-1-2-6-12(11)10-16-13-7-3-4-8-15-13/h1-2,5-6,13H,3-4,7-10H2. The van der Waals surface area contributed by atoms with E-state index in [-0.39, 0.29) is 6.29 Å². The Morgan fingerprint density at radius 3 is 2.75 bits per heavy atom. The molecule has 88 valence electrons. The zero-order valence-electron chi connectivity index (χ0n) is 9.32. The lowest BCUT2D eigenvalue weighted by molar-refractivity contribution is -0.169. The first-order valence-corrected chi connectivity index (χ1v) is 6.29. The van der Waals surface area contributed by atoms with Crippen molar-refractivity contribution in [2.24, 2.45) is 0 Å². The Kier molecular flexibility index (Phi) is 4.64. The Morgan fingerprint density at radius 2 is 2.06 bits per heavy atom. The number of benzene rings is 1. The van der Waals surface area contributed by atoms with Crippen LogP contribution in [0.4, 0.5) is 0 Å². The number of alkyl halides is 1. The van der Waals surface area contributed by atoms with E-state index in [2.05, 4.69) is 6.07 Å². The SMILES string of the molecule is ClCc1ccccc1COC1CCCCO1. The van der Waals surface area contributed by atoms with Crippen LogP contribution in [0.25, 0.3) is 0 Å². The fourth-order valence-electron chi connectivity index (χ4n) is 1.85. The first-order valence-electron chi connectivity index (χ1n) is 5.76. The average molecular weight is 241 g/mol. The lowest BCUT2D eigenvalue weighted by atomic mass is 10.1. The van der Waals surface area contributed by atoms with E-state index in [9.17, 15) is 0 Å². The van der Waals surface area contributed by atoms with Gasteiger partial charge in [0.1, 0.15) is 0 Å². The fourth-order valence-corrected chi connectivity index (χ4v) is 2.11. The van der Waals surface area contributed by atoms with Crippen LogP contribution in [0.3, 0.4) is 0 Å². The smallest absolute Gasteiger partial charge is 0.158 e. The summed E-state index contributed by atoms with van der Waals surface area (Å²) in [6, 6.07) is 8.10. The van der Waals surface area contributed by atoms with Crippen LogP contribution in [0.15, 0.2) is 24.3 Å². The zero-order valence-corrected chi connectivity index (χ0v) is 10.1. The normalized spacial score (nSPS) is 20.9. The van der Waals surface area contributed by atoms with Gasteiger partial charge in [-0.1, -0.05) is 24.3 Å². The van der Waals surface area contributed by atoms with E-state index >= 15 is 0 Å². The highest BCUT2D eigenvalue weighted by molar-refractivity contribution is 6.17. The summed E-state index contributed by atoms with van der Waals surface area (Å²) in [6.07, 6.45) is 3.32. The first-order chi connectivity index (χ1) is 7.90. The molecular weight excluding hydrogens is 224 g/mol. The Balaban J connectivity index is 1.88. The number of rotatable bonds is 4. The molecule has 0 amide bonds. The summed E-state index contributed by atoms with van der Waals surface area (Å²) in [6.45, 7) is 1.41. The van der Waals surface area contributed by atoms with Gasteiger partial charge >= 0.3 is 0 Å². The maximum Gasteiger partial charge on any atom is 0.158 e. The third-order valence-electron chi connectivity index (χ3n) is 2.82. The quantitative estimate of drug-likeness (QED) is 0.751. The van der Waals surface area contributed by atoms with Gasteiger partial charge < -0.3 is 9.47 Å². The molecule has 1 aromatic rings. The van der Waals surface area contributed by atoms with E-state index in [1.807, 2.05) is 18.2 Å². The lowest BCUT2D eigenvalue weighted by Gasteiger charge is -2.23. The predicted octanol–water partition coefficient (Wildman–Crippen LogP) is 3.47. The van der Waals surface area contributed by atoms with Gasteiger partial charge in [0.25, 0.3) is 0 Å². The molecular formula is C13H17ClO2. The van der Waals surface area contributed by atoms with Gasteiger partial charge in [0.15, 0.2) is 6.29 Å². The second-order valence-electron chi connectivity index (χ2n) is 4.01. The molecule has 3 heteroatoms. The molecule has 1 atom stereocenters. The van der Waals surface area contributed by atoms with E-state index in [0.29, 0.717) is 12.5 Å². The molecule has 0 N–H and O–H groups in total. The molecule has 0 radical (unpaired) electrons. The van der Waals surface area contributed by atoms with Gasteiger partial charge in [-0.05, 0) is 30.4 Å². The zero-order chi connectivity index (χ0) is 11.2. The molecule has 2 nitrogen and oxygen atoms in total. The lowest BCUT2D eigenvalue weighted by Crippen LogP contribution is -2.22. The maximum atomic E-state index is 5.87. The number of hydrogen-bond donors (Lipinski definition) is 0. The van der Waals surface area contributed by atoms with E-state index in [0.717, 1.165) is 30.6 Å². The molecule has 1 saturated heterocycles. The van der Waals surface area contributed by atoms with Crippen LogP contribution in [-0.4, -0.2) is 12.9 Å². The summed E-state index contributed by atoms with van der Waals surface area (Å²) in [5.41, 5.74) is 2.30. The minimum Gasteiger partial charge on any atom is -0.353 e. The van der Waals surface area contributed by atoms with Crippen molar-refractivity contribution in [1.82, 2.24) is 0 Å². The minimum atomic E-state index is -0.0304. The topological polar surface area (TPSA) is 18.5 Å². The average Bonchev–Trinajstić information content (AvgIpc) is 2.38. The molecule has 16 heavy (non-hydrogen) atoms. The van der Waals surface area contributed by atoms with E-state index in [1.165, 1.54) is 6.42 Å². The second-order valence-corrected chi connectivity index (χ2v) is 4.28. The second kappa shape index (κ2) is 6.24. The maximum absolute atomic E-state index is 5.87. The monoisotopic (exact) mass is 240 g/mol. The molecule has 1 unspecified atom stereocenters. The third kappa shape index (κ3) is 3.21. The van der Waals surface area contributed by atoms with Gasteiger partial charge in [0.2, 0.25) is 0 Å². The van der Waals surface area contributed by atoms with Crippen molar-refractivity contribution >= 4 is 11.6 Å². The van der Waals surface area contributed by atoms with Crippen molar-refractivity contribution in [3.05, 3.63) is 35.4 Å². The highest BCUT2D eigenvalue weighted by atomic mass is 35.5. The molecule has 1 fully saturated rings. The van der Waals surface area contributed by atoms with Crippen molar-refractivity contribution in [3.63, 3.8) is 0 Å². The summed E-state index contributed by atoms with van der Waals surface area (Å²) < 4.78 is 11.2. The summed E-state index contributed by atoms with van der Waals surface area (Å²) in [5, 5.41) is 0. The summed E-state index contributed by atoms with van der Waals surface area (Å²) in [7, 11) is 0. The van der Waals surface area contributed by atoms with Crippen LogP contribution in [0.1, 0.15) is 30.4 Å². The largest absolute Gasteiger partial charge is 0.353 e. The van der Waals surface area contributed by atoms with Gasteiger partial charge in [-0.2, -0.15) is 0 Å². The van der Waals surface area contributed by atoms with Crippen molar-refractivity contribution in [2.45, 2.75) is 38.0 Å². The van der Waals surface area contributed by atoms with E-state index < -0.39 is 0 Å². The van der Waals surface area contributed by atoms with Gasteiger partial charge in [-0.15, -0.1) is 11.6 Å². The van der Waals surface area contributed by atoms with E-state index in [1.54, 1.807) is 0 Å². The number of hydrogen-bond acceptors (Lipinski definition) is 2. The summed E-state index contributed by atoms with van der Waals surface area (Å²) in [4.78, 5) is 0. The summed E-state index contributed by atoms with van der Waals surface area (Å²) in [5.74, 6) is 0.533. The van der Waals surface area contributed by atoms with Crippen molar-refractivity contribution < 1.29 is 9.47 Å². The minimum absolute atomic E-state index is 0.0304. The predicted molar refractivity (Wildman–Crippen MR) is 64.4 cm³/mol. The fraction of sp³-hybridized carbons (Fsp3) is 0.538. The molecule has 1 heterocycles. The summed E-state index contributed by atoms with van der Waals surface area (Å²) >= 11 is 5.87. The highest BCUT2D eigenvalue weighted by Crippen LogP contribution is 2.18. The molecule has 1 aliphatic heterocycles. The van der Waals surface area contributed by atoms with Gasteiger partial charge in [-0.25, -0.2) is 0 Å². The van der Waals surface area contributed by atoms with Crippen LogP contribution < -0.4 is 0 Å². The number of halogens is 1. The Bertz CT molecular complexity index is 321. The van der Waals surface area contributed by atoms with Crippen LogP contribution in [-0.2, 0) is 22.0 Å². The van der Waals surface area contributed by atoms with Crippen molar-refractivity contribution in [1.29, 1.82) is 0 Å². The number of ether oxygens (including phenoxy) is 2. The van der Waals surface area contributed by atoms with Crippen LogP contribution in [0, 0.1) is 0 Å². The van der Waals surface area contributed by atoms with Gasteiger partial charge in [-0.3, -0.25) is 0 Å². The first kappa shape index (κ1) is 11.9. The molecule has 1 aliphatic rings. The van der Waals surface area contributed by atoms with Gasteiger partial charge in [0, 0.05) is 12.5 Å². The van der Waals surface area contributed by atoms with Crippen LogP contribution in [0.2, 0.25) is 0 Å².